The molecule has 0 saturated heterocycles. The number of hydrogen-bond donors (Lipinski definition) is 1. The number of unbranched alkanes of at least 4 members (excludes halogenated alkanes) is 5. The quantitative estimate of drug-likeness (QED) is 0.581. The first-order valence-corrected chi connectivity index (χ1v) is 12.6. The zero-order chi connectivity index (χ0) is 21.6. The normalized spacial score (nSPS) is 14.6. The second-order valence-electron chi connectivity index (χ2n) is 8.27. The Balaban J connectivity index is 1.62. The number of hydrogen-bond acceptors (Lipinski definition) is 4. The SMILES string of the molecule is CCCCCCCCS(=O)(=O)N1CCc2nc(Cc3ccc(C)cc3)[nH]c(=O)c2C1. The highest BCUT2D eigenvalue weighted by Gasteiger charge is 2.29. The summed E-state index contributed by atoms with van der Waals surface area (Å²) >= 11 is 0. The third-order valence-corrected chi connectivity index (χ3v) is 7.63. The lowest BCUT2D eigenvalue weighted by Crippen LogP contribution is -2.40. The van der Waals surface area contributed by atoms with E-state index in [9.17, 15) is 13.2 Å². The maximum atomic E-state index is 12.7. The molecule has 1 aromatic heterocycles. The minimum atomic E-state index is -3.35. The predicted octanol–water partition coefficient (Wildman–Crippen LogP) is 3.72. The number of aryl methyl sites for hydroxylation is 1. The number of H-pyrrole nitrogens is 1. The summed E-state index contributed by atoms with van der Waals surface area (Å²) in [5, 5.41) is 0. The van der Waals surface area contributed by atoms with Crippen molar-refractivity contribution in [2.24, 2.45) is 0 Å². The lowest BCUT2D eigenvalue weighted by molar-refractivity contribution is 0.383. The molecule has 0 radical (unpaired) electrons. The van der Waals surface area contributed by atoms with Gasteiger partial charge in [0.1, 0.15) is 5.82 Å². The van der Waals surface area contributed by atoms with Crippen molar-refractivity contribution in [3.8, 4) is 0 Å². The second kappa shape index (κ2) is 10.4. The van der Waals surface area contributed by atoms with Gasteiger partial charge < -0.3 is 4.98 Å². The summed E-state index contributed by atoms with van der Waals surface area (Å²) in [6.45, 7) is 4.72. The van der Waals surface area contributed by atoms with E-state index in [2.05, 4.69) is 16.9 Å². The van der Waals surface area contributed by atoms with Gasteiger partial charge in [0.2, 0.25) is 10.0 Å². The van der Waals surface area contributed by atoms with Crippen LogP contribution in [-0.2, 0) is 29.4 Å². The van der Waals surface area contributed by atoms with Crippen molar-refractivity contribution in [1.29, 1.82) is 0 Å². The minimum absolute atomic E-state index is 0.126. The largest absolute Gasteiger partial charge is 0.310 e. The number of rotatable bonds is 10. The van der Waals surface area contributed by atoms with E-state index in [1.54, 1.807) is 0 Å². The molecule has 6 nitrogen and oxygen atoms in total. The van der Waals surface area contributed by atoms with Crippen molar-refractivity contribution in [2.75, 3.05) is 12.3 Å². The third-order valence-electron chi connectivity index (χ3n) is 5.72. The van der Waals surface area contributed by atoms with Crippen LogP contribution in [0.4, 0.5) is 0 Å². The zero-order valence-electron chi connectivity index (χ0n) is 18.1. The van der Waals surface area contributed by atoms with Crippen molar-refractivity contribution in [3.05, 3.63) is 62.8 Å². The molecule has 0 saturated carbocycles. The molecule has 0 atom stereocenters. The molecule has 1 aliphatic rings. The van der Waals surface area contributed by atoms with Crippen LogP contribution < -0.4 is 5.56 Å². The fourth-order valence-corrected chi connectivity index (χ4v) is 5.39. The molecule has 1 aliphatic heterocycles. The highest BCUT2D eigenvalue weighted by molar-refractivity contribution is 7.89. The van der Waals surface area contributed by atoms with Crippen LogP contribution in [0.1, 0.15) is 73.7 Å². The molecular formula is C23H33N3O3S. The highest BCUT2D eigenvalue weighted by atomic mass is 32.2. The molecule has 164 valence electrons. The lowest BCUT2D eigenvalue weighted by Gasteiger charge is -2.27. The van der Waals surface area contributed by atoms with Crippen LogP contribution in [-0.4, -0.2) is 35.0 Å². The smallest absolute Gasteiger partial charge is 0.255 e. The molecular weight excluding hydrogens is 398 g/mol. The zero-order valence-corrected chi connectivity index (χ0v) is 18.9. The lowest BCUT2D eigenvalue weighted by atomic mass is 10.1. The molecule has 1 N–H and O–H groups in total. The van der Waals surface area contributed by atoms with E-state index in [-0.39, 0.29) is 17.9 Å². The Morgan fingerprint density at radius 3 is 2.50 bits per heavy atom. The summed E-state index contributed by atoms with van der Waals surface area (Å²) in [4.78, 5) is 20.1. The summed E-state index contributed by atoms with van der Waals surface area (Å²) in [5.41, 5.74) is 3.27. The van der Waals surface area contributed by atoms with Crippen LogP contribution >= 0.6 is 0 Å². The first kappa shape index (κ1) is 22.7. The van der Waals surface area contributed by atoms with Crippen molar-refractivity contribution < 1.29 is 8.42 Å². The molecule has 0 fully saturated rings. The Bertz CT molecular complexity index is 997. The van der Waals surface area contributed by atoms with Crippen LogP contribution in [0.25, 0.3) is 0 Å². The topological polar surface area (TPSA) is 83.1 Å². The molecule has 0 bridgehead atoms. The highest BCUT2D eigenvalue weighted by Crippen LogP contribution is 2.19. The summed E-state index contributed by atoms with van der Waals surface area (Å²) in [5.74, 6) is 0.789. The number of nitrogens with one attached hydrogen (secondary N) is 1. The molecule has 0 aliphatic carbocycles. The Morgan fingerprint density at radius 1 is 1.07 bits per heavy atom. The first-order valence-electron chi connectivity index (χ1n) is 11.0. The molecule has 30 heavy (non-hydrogen) atoms. The van der Waals surface area contributed by atoms with E-state index < -0.39 is 10.0 Å². The summed E-state index contributed by atoms with van der Waals surface area (Å²) in [6, 6.07) is 8.15. The van der Waals surface area contributed by atoms with Crippen molar-refractivity contribution >= 4 is 10.0 Å². The van der Waals surface area contributed by atoms with Crippen LogP contribution in [0.15, 0.2) is 29.1 Å². The van der Waals surface area contributed by atoms with Gasteiger partial charge in [-0.05, 0) is 18.9 Å². The fraction of sp³-hybridized carbons (Fsp3) is 0.565. The average Bonchev–Trinajstić information content (AvgIpc) is 2.72. The van der Waals surface area contributed by atoms with Crippen molar-refractivity contribution in [3.63, 3.8) is 0 Å². The van der Waals surface area contributed by atoms with Gasteiger partial charge in [-0.25, -0.2) is 13.4 Å². The van der Waals surface area contributed by atoms with E-state index in [0.29, 0.717) is 37.2 Å². The predicted molar refractivity (Wildman–Crippen MR) is 120 cm³/mol. The summed E-state index contributed by atoms with van der Waals surface area (Å²) in [6.07, 6.45) is 7.30. The monoisotopic (exact) mass is 431 g/mol. The number of nitrogens with zero attached hydrogens (tertiary/aromatic N) is 2. The average molecular weight is 432 g/mol. The number of sulfonamides is 1. The van der Waals surface area contributed by atoms with Crippen LogP contribution in [0.3, 0.4) is 0 Å². The number of aromatic nitrogens is 2. The molecule has 7 heteroatoms. The molecule has 0 spiro atoms. The molecule has 2 aromatic rings. The Morgan fingerprint density at radius 2 is 1.77 bits per heavy atom. The Labute approximate surface area is 179 Å². The molecule has 0 amide bonds. The van der Waals surface area contributed by atoms with Crippen molar-refractivity contribution in [2.45, 2.75) is 71.8 Å². The van der Waals surface area contributed by atoms with Gasteiger partial charge in [-0.3, -0.25) is 4.79 Å². The van der Waals surface area contributed by atoms with Gasteiger partial charge in [-0.15, -0.1) is 0 Å². The van der Waals surface area contributed by atoms with Gasteiger partial charge in [0.05, 0.1) is 17.0 Å². The fourth-order valence-electron chi connectivity index (χ4n) is 3.87. The minimum Gasteiger partial charge on any atom is -0.310 e. The van der Waals surface area contributed by atoms with Gasteiger partial charge in [-0.1, -0.05) is 68.9 Å². The van der Waals surface area contributed by atoms with E-state index in [4.69, 9.17) is 0 Å². The molecule has 3 rings (SSSR count). The number of fused-ring (bicyclic) bond motifs is 1. The maximum absolute atomic E-state index is 12.7. The molecule has 1 aromatic carbocycles. The van der Waals surface area contributed by atoms with E-state index in [0.717, 1.165) is 24.1 Å². The summed E-state index contributed by atoms with van der Waals surface area (Å²) in [7, 11) is -3.35. The third kappa shape index (κ3) is 6.01. The Hall–Kier alpha value is -1.99. The van der Waals surface area contributed by atoms with E-state index >= 15 is 0 Å². The number of aromatic amines is 1. The van der Waals surface area contributed by atoms with E-state index in [1.807, 2.05) is 31.2 Å². The van der Waals surface area contributed by atoms with Gasteiger partial charge in [0.25, 0.3) is 5.56 Å². The Kier molecular flexibility index (Phi) is 7.83. The van der Waals surface area contributed by atoms with Gasteiger partial charge in [0, 0.05) is 25.9 Å². The number of benzene rings is 1. The van der Waals surface area contributed by atoms with Crippen molar-refractivity contribution in [1.82, 2.24) is 14.3 Å². The van der Waals surface area contributed by atoms with Crippen LogP contribution in [0, 0.1) is 6.92 Å². The molecule has 0 unspecified atom stereocenters. The van der Waals surface area contributed by atoms with Crippen LogP contribution in [0.2, 0.25) is 0 Å². The van der Waals surface area contributed by atoms with Gasteiger partial charge in [-0.2, -0.15) is 4.31 Å². The summed E-state index contributed by atoms with van der Waals surface area (Å²) < 4.78 is 26.9. The first-order chi connectivity index (χ1) is 14.4. The van der Waals surface area contributed by atoms with Gasteiger partial charge >= 0.3 is 0 Å². The second-order valence-corrected chi connectivity index (χ2v) is 10.4. The van der Waals surface area contributed by atoms with Gasteiger partial charge in [0.15, 0.2) is 0 Å². The standard InChI is InChI=1S/C23H33N3O3S/c1-3-4-5-6-7-8-15-30(28,29)26-14-13-21-20(17-26)23(27)25-22(24-21)16-19-11-9-18(2)10-12-19/h9-12H,3-8,13-17H2,1-2H3,(H,24,25,27). The molecule has 2 heterocycles. The van der Waals surface area contributed by atoms with E-state index in [1.165, 1.54) is 29.1 Å². The van der Waals surface area contributed by atoms with Crippen LogP contribution in [0.5, 0.6) is 0 Å². The maximum Gasteiger partial charge on any atom is 0.255 e.